The zero-order chi connectivity index (χ0) is 27.2. The van der Waals surface area contributed by atoms with E-state index in [1.807, 2.05) is 24.3 Å². The molecule has 0 spiro atoms. The van der Waals surface area contributed by atoms with E-state index < -0.39 is 28.5 Å². The number of carbonyl (C=O) groups excluding carboxylic acids is 3. The lowest BCUT2D eigenvalue weighted by molar-refractivity contribution is -0.123. The average molecular weight is 506 g/mol. The molecule has 1 aliphatic heterocycles. The topological polar surface area (TPSA) is 122 Å². The largest absolute Gasteiger partial charge is 0.507 e. The first-order chi connectivity index (χ1) is 17.4. The van der Waals surface area contributed by atoms with E-state index in [0.717, 1.165) is 11.3 Å². The van der Waals surface area contributed by atoms with Gasteiger partial charge in [0.1, 0.15) is 39.7 Å². The molecule has 0 aromatic heterocycles. The number of Topliss-reactive ketones (excluding diaryl/α,β-unsaturated/α-hetero) is 2. The first-order valence-corrected chi connectivity index (χ1v) is 12.1. The molecule has 0 bridgehead atoms. The molecule has 1 heterocycles. The fraction of sp³-hybridized carbons (Fsp3) is 0.345. The summed E-state index contributed by atoms with van der Waals surface area (Å²) in [7, 11) is 0. The van der Waals surface area contributed by atoms with Crippen molar-refractivity contribution < 1.29 is 34.1 Å². The number of hydrogen-bond donors (Lipinski definition) is 3. The standard InChI is InChI=1S/C29H31NO7/c1-14(2)13-36-19-9-7-18(8-10-19)12-30-16(4)22-20(32)11-21-29(6,28(22)35)24-26(34)15(3)25(33)23(17(5)31)27(24)37-21/h7-11,14,30,33-34H,12-13H2,1-6H3/t29-/m0/s1. The van der Waals surface area contributed by atoms with Gasteiger partial charge in [0, 0.05) is 23.9 Å². The van der Waals surface area contributed by atoms with Crippen molar-refractivity contribution in [1.82, 2.24) is 5.32 Å². The van der Waals surface area contributed by atoms with E-state index in [4.69, 9.17) is 9.47 Å². The molecule has 37 heavy (non-hydrogen) atoms. The highest BCUT2D eigenvalue weighted by atomic mass is 16.5. The molecule has 4 rings (SSSR count). The van der Waals surface area contributed by atoms with Gasteiger partial charge in [-0.25, -0.2) is 0 Å². The van der Waals surface area contributed by atoms with Crippen LogP contribution < -0.4 is 14.8 Å². The third-order valence-electron chi connectivity index (χ3n) is 6.82. The van der Waals surface area contributed by atoms with E-state index in [0.29, 0.717) is 24.8 Å². The highest BCUT2D eigenvalue weighted by Crippen LogP contribution is 2.57. The highest BCUT2D eigenvalue weighted by Gasteiger charge is 2.56. The summed E-state index contributed by atoms with van der Waals surface area (Å²) in [4.78, 5) is 39.2. The van der Waals surface area contributed by atoms with E-state index in [1.54, 1.807) is 13.8 Å². The van der Waals surface area contributed by atoms with Crippen molar-refractivity contribution in [3.05, 3.63) is 69.6 Å². The Balaban J connectivity index is 1.67. The summed E-state index contributed by atoms with van der Waals surface area (Å²) in [5.41, 5.74) is -0.303. The van der Waals surface area contributed by atoms with Gasteiger partial charge in [-0.2, -0.15) is 0 Å². The summed E-state index contributed by atoms with van der Waals surface area (Å²) < 4.78 is 11.5. The lowest BCUT2D eigenvalue weighted by Gasteiger charge is -2.29. The molecular formula is C29H31NO7. The summed E-state index contributed by atoms with van der Waals surface area (Å²) in [6.45, 7) is 11.0. The molecule has 0 saturated carbocycles. The number of hydrogen-bond acceptors (Lipinski definition) is 8. The molecule has 0 radical (unpaired) electrons. The van der Waals surface area contributed by atoms with E-state index >= 15 is 0 Å². The molecule has 3 N–H and O–H groups in total. The Morgan fingerprint density at radius 2 is 1.76 bits per heavy atom. The molecule has 1 aliphatic carbocycles. The van der Waals surface area contributed by atoms with Crippen LogP contribution in [0.25, 0.3) is 0 Å². The lowest BCUT2D eigenvalue weighted by atomic mass is 9.70. The third kappa shape index (κ3) is 4.26. The van der Waals surface area contributed by atoms with Gasteiger partial charge in [0.05, 0.1) is 17.7 Å². The fourth-order valence-electron chi connectivity index (χ4n) is 4.65. The number of rotatable bonds is 7. The number of ketones is 3. The van der Waals surface area contributed by atoms with Crippen LogP contribution in [0.3, 0.4) is 0 Å². The van der Waals surface area contributed by atoms with E-state index in [-0.39, 0.29) is 39.5 Å². The van der Waals surface area contributed by atoms with Crippen LogP contribution in [-0.2, 0) is 21.5 Å². The Labute approximate surface area is 215 Å². The normalized spacial score (nSPS) is 19.7. The number of nitrogens with one attached hydrogen (secondary N) is 1. The Bertz CT molecular complexity index is 1380. The van der Waals surface area contributed by atoms with Crippen LogP contribution in [-0.4, -0.2) is 34.2 Å². The molecule has 0 unspecified atom stereocenters. The maximum absolute atomic E-state index is 13.8. The molecule has 1 atom stereocenters. The van der Waals surface area contributed by atoms with Gasteiger partial charge in [-0.3, -0.25) is 14.4 Å². The van der Waals surface area contributed by atoms with Crippen molar-refractivity contribution in [2.75, 3.05) is 6.61 Å². The van der Waals surface area contributed by atoms with E-state index in [9.17, 15) is 24.6 Å². The first kappa shape index (κ1) is 26.0. The van der Waals surface area contributed by atoms with Crippen LogP contribution in [0, 0.1) is 12.8 Å². The van der Waals surface area contributed by atoms with Gasteiger partial charge in [0.2, 0.25) is 0 Å². The number of carbonyl (C=O) groups is 3. The Kier molecular flexibility index (Phi) is 6.62. The number of allylic oxidation sites excluding steroid dienone is 4. The van der Waals surface area contributed by atoms with Crippen molar-refractivity contribution in [2.24, 2.45) is 5.92 Å². The third-order valence-corrected chi connectivity index (χ3v) is 6.82. The second-order valence-corrected chi connectivity index (χ2v) is 10.1. The predicted octanol–water partition coefficient (Wildman–Crippen LogP) is 4.39. The average Bonchev–Trinajstić information content (AvgIpc) is 3.13. The van der Waals surface area contributed by atoms with E-state index in [2.05, 4.69) is 19.2 Å². The van der Waals surface area contributed by atoms with Gasteiger partial charge < -0.3 is 25.0 Å². The van der Waals surface area contributed by atoms with Crippen LogP contribution in [0.5, 0.6) is 23.0 Å². The van der Waals surface area contributed by atoms with Gasteiger partial charge >= 0.3 is 0 Å². The van der Waals surface area contributed by atoms with Gasteiger partial charge in [0.25, 0.3) is 0 Å². The van der Waals surface area contributed by atoms with Crippen molar-refractivity contribution in [1.29, 1.82) is 0 Å². The minimum Gasteiger partial charge on any atom is -0.507 e. The minimum absolute atomic E-state index is 0.00818. The van der Waals surface area contributed by atoms with Gasteiger partial charge in [0.15, 0.2) is 17.3 Å². The van der Waals surface area contributed by atoms with Crippen LogP contribution in [0.1, 0.15) is 61.7 Å². The van der Waals surface area contributed by atoms with Gasteiger partial charge in [-0.15, -0.1) is 0 Å². The van der Waals surface area contributed by atoms with Gasteiger partial charge in [-0.1, -0.05) is 26.0 Å². The van der Waals surface area contributed by atoms with Crippen LogP contribution in [0.4, 0.5) is 0 Å². The molecule has 0 saturated heterocycles. The fourth-order valence-corrected chi connectivity index (χ4v) is 4.65. The van der Waals surface area contributed by atoms with Crippen molar-refractivity contribution >= 4 is 17.3 Å². The molecule has 2 aromatic carbocycles. The second-order valence-electron chi connectivity index (χ2n) is 10.1. The SMILES string of the molecule is CC(=O)c1c(O)c(C)c(O)c2c1OC1=CC(=O)C(=C(C)NCc3ccc(OCC(C)C)cc3)C(=O)[C@@]12C. The monoisotopic (exact) mass is 505 g/mol. The number of aromatic hydroxyl groups is 2. The van der Waals surface area contributed by atoms with Crippen molar-refractivity contribution in [2.45, 2.75) is 53.5 Å². The lowest BCUT2D eigenvalue weighted by Crippen LogP contribution is -2.41. The number of phenols is 2. The zero-order valence-corrected chi connectivity index (χ0v) is 21.8. The molecule has 8 nitrogen and oxygen atoms in total. The number of fused-ring (bicyclic) bond motifs is 3. The highest BCUT2D eigenvalue weighted by molar-refractivity contribution is 6.31. The summed E-state index contributed by atoms with van der Waals surface area (Å²) in [6, 6.07) is 7.55. The number of ether oxygens (including phenoxy) is 2. The van der Waals surface area contributed by atoms with E-state index in [1.165, 1.54) is 19.9 Å². The minimum atomic E-state index is -1.54. The molecule has 2 aromatic rings. The molecule has 0 fully saturated rings. The van der Waals surface area contributed by atoms with Gasteiger partial charge in [-0.05, 0) is 51.3 Å². The Hall–Kier alpha value is -4.07. The number of benzene rings is 2. The van der Waals surface area contributed by atoms with Crippen LogP contribution in [0.2, 0.25) is 0 Å². The molecule has 0 amide bonds. The maximum Gasteiger partial charge on any atom is 0.194 e. The van der Waals surface area contributed by atoms with Crippen LogP contribution in [0.15, 0.2) is 47.4 Å². The molecule has 8 heteroatoms. The summed E-state index contributed by atoms with van der Waals surface area (Å²) >= 11 is 0. The Morgan fingerprint density at radius 3 is 2.35 bits per heavy atom. The predicted molar refractivity (Wildman–Crippen MR) is 137 cm³/mol. The second kappa shape index (κ2) is 9.42. The maximum atomic E-state index is 13.8. The molecular weight excluding hydrogens is 474 g/mol. The first-order valence-electron chi connectivity index (χ1n) is 12.1. The summed E-state index contributed by atoms with van der Waals surface area (Å²) in [5, 5.41) is 24.5. The van der Waals surface area contributed by atoms with Crippen molar-refractivity contribution in [3.63, 3.8) is 0 Å². The van der Waals surface area contributed by atoms with Crippen molar-refractivity contribution in [3.8, 4) is 23.0 Å². The molecule has 194 valence electrons. The van der Waals surface area contributed by atoms with Crippen LogP contribution >= 0.6 is 0 Å². The Morgan fingerprint density at radius 1 is 1.11 bits per heavy atom. The smallest absolute Gasteiger partial charge is 0.194 e. The number of phenolic OH excluding ortho intramolecular Hbond substituents is 2. The summed E-state index contributed by atoms with van der Waals surface area (Å²) in [6.07, 6.45) is 1.21. The summed E-state index contributed by atoms with van der Waals surface area (Å²) in [5.74, 6) is -1.28. The molecule has 2 aliphatic rings. The zero-order valence-electron chi connectivity index (χ0n) is 21.8. The quantitative estimate of drug-likeness (QED) is 0.288.